The number of carbonyl (C=O) groups is 6. The summed E-state index contributed by atoms with van der Waals surface area (Å²) in [7, 11) is 0. The minimum atomic E-state index is -1.73. The Kier molecular flexibility index (Phi) is 34.6. The van der Waals surface area contributed by atoms with Gasteiger partial charge in [0.25, 0.3) is 0 Å². The van der Waals surface area contributed by atoms with Gasteiger partial charge in [0, 0.05) is 38.9 Å². The predicted molar refractivity (Wildman–Crippen MR) is 272 cm³/mol. The lowest BCUT2D eigenvalue weighted by atomic mass is 9.99. The van der Waals surface area contributed by atoms with Crippen LogP contribution in [0.2, 0.25) is 0 Å². The standard InChI is InChI=1S/C48H86N6O24.CH4/c1-26(58)28(11-7-8-14-49)53-33(60)13-6-5-10-27(59)9-3-2-4-12-29(45(72)52-17-20-75-48-44(71)41(68)38(65)32(25-57)78-48)54(21-34(61)50-15-18-73-46-42(69)39(66)36(63)30(23-55)76-46)22-35(62)51-16-19-74-47-43(70)40(67)37(64)31(24-56)77-47;/h28-32,36-44,46-48,55-57,63-71H,2-25,49H2,1H3,(H,50,61)(H,51,62)(H,52,72)(H,53,60);1H4/t28-,29-,30+,31+,32+,36+,37+,38+,39-,40-,41-,42-,43-,44-,46-,47-,48-;/m0./s1. The van der Waals surface area contributed by atoms with Crippen molar-refractivity contribution < 1.29 is 118 Å². The number of rotatable bonds is 38. The Hall–Kier alpha value is -3.58. The van der Waals surface area contributed by atoms with Gasteiger partial charge in [-0.25, -0.2) is 0 Å². The fraction of sp³-hybridized carbons (Fsp3) is 0.878. The van der Waals surface area contributed by atoms with Crippen molar-refractivity contribution in [3.8, 4) is 0 Å². The molecule has 0 aromatic heterocycles. The molecule has 79 heavy (non-hydrogen) atoms. The second-order valence-corrected chi connectivity index (χ2v) is 19.5. The molecule has 0 saturated carbocycles. The van der Waals surface area contributed by atoms with Gasteiger partial charge >= 0.3 is 0 Å². The Morgan fingerprint density at radius 2 is 0.899 bits per heavy atom. The molecular formula is C49H90N6O24. The van der Waals surface area contributed by atoms with Gasteiger partial charge < -0.3 is 117 Å². The van der Waals surface area contributed by atoms with E-state index in [1.54, 1.807) is 0 Å². The molecule has 0 aliphatic carbocycles. The van der Waals surface area contributed by atoms with Crippen LogP contribution in [0.25, 0.3) is 0 Å². The van der Waals surface area contributed by atoms with E-state index in [0.29, 0.717) is 45.1 Å². The lowest BCUT2D eigenvalue weighted by Gasteiger charge is -2.39. The maximum atomic E-state index is 14.1. The monoisotopic (exact) mass is 1150 g/mol. The predicted octanol–water partition coefficient (Wildman–Crippen LogP) is -7.63. The number of hydrogen-bond acceptors (Lipinski definition) is 26. The molecule has 3 fully saturated rings. The first-order valence-corrected chi connectivity index (χ1v) is 26.5. The number of aliphatic hydroxyl groups is 12. The average Bonchev–Trinajstić information content (AvgIpc) is 3.42. The largest absolute Gasteiger partial charge is 0.394 e. The van der Waals surface area contributed by atoms with E-state index < -0.39 is 155 Å². The summed E-state index contributed by atoms with van der Waals surface area (Å²) >= 11 is 0. The van der Waals surface area contributed by atoms with Crippen molar-refractivity contribution in [1.82, 2.24) is 26.2 Å². The van der Waals surface area contributed by atoms with Crippen LogP contribution >= 0.6 is 0 Å². The van der Waals surface area contributed by atoms with Gasteiger partial charge in [0.2, 0.25) is 23.6 Å². The SMILES string of the molecule is C.CC(=O)[C@H](CCCCN)NC(=O)CCCCC(=O)CCCCC[C@@H](C(=O)NCCO[C@H]1O[C@H](CO)[C@@H](O)[C@H](O)[C@@H]1O)N(CC(=O)NCCO[C@H]1O[C@H](CO)[C@@H](O)[C@H](O)[C@@H]1O)CC(=O)NCCO[C@H]1O[C@H](CO)[C@@H](O)[C@H](O)[C@@H]1O. The van der Waals surface area contributed by atoms with E-state index in [2.05, 4.69) is 21.3 Å². The van der Waals surface area contributed by atoms with Crippen LogP contribution in [0.3, 0.4) is 0 Å². The van der Waals surface area contributed by atoms with Crippen molar-refractivity contribution >= 4 is 35.2 Å². The third-order valence-corrected chi connectivity index (χ3v) is 13.4. The van der Waals surface area contributed by atoms with Crippen LogP contribution in [0.15, 0.2) is 0 Å². The quantitative estimate of drug-likeness (QED) is 0.0255. The van der Waals surface area contributed by atoms with Gasteiger partial charge in [0.1, 0.15) is 79.0 Å². The summed E-state index contributed by atoms with van der Waals surface area (Å²) < 4.78 is 32.4. The summed E-state index contributed by atoms with van der Waals surface area (Å²) in [5.41, 5.74) is 5.53. The van der Waals surface area contributed by atoms with Crippen molar-refractivity contribution in [3.05, 3.63) is 0 Å². The zero-order valence-electron chi connectivity index (χ0n) is 44.1. The highest BCUT2D eigenvalue weighted by atomic mass is 16.7. The molecule has 3 saturated heterocycles. The lowest BCUT2D eigenvalue weighted by molar-refractivity contribution is -0.300. The van der Waals surface area contributed by atoms with Crippen molar-refractivity contribution in [3.63, 3.8) is 0 Å². The van der Waals surface area contributed by atoms with Gasteiger partial charge in [-0.2, -0.15) is 0 Å². The minimum Gasteiger partial charge on any atom is -0.394 e. The van der Waals surface area contributed by atoms with Gasteiger partial charge in [-0.05, 0) is 58.4 Å². The fourth-order valence-electron chi connectivity index (χ4n) is 8.76. The van der Waals surface area contributed by atoms with Crippen molar-refractivity contribution in [1.29, 1.82) is 0 Å². The van der Waals surface area contributed by atoms with Crippen molar-refractivity contribution in [2.75, 3.05) is 78.9 Å². The zero-order valence-corrected chi connectivity index (χ0v) is 44.1. The van der Waals surface area contributed by atoms with Gasteiger partial charge in [0.05, 0.1) is 64.8 Å². The van der Waals surface area contributed by atoms with E-state index in [-0.39, 0.29) is 96.5 Å². The zero-order chi connectivity index (χ0) is 57.9. The topological polar surface area (TPSA) is 478 Å². The van der Waals surface area contributed by atoms with Crippen LogP contribution in [0.4, 0.5) is 0 Å². The molecule has 17 atom stereocenters. The van der Waals surface area contributed by atoms with Gasteiger partial charge in [-0.3, -0.25) is 33.7 Å². The lowest BCUT2D eigenvalue weighted by Crippen LogP contribution is -2.59. The first kappa shape index (κ1) is 71.5. The average molecular weight is 1150 g/mol. The molecule has 0 unspecified atom stereocenters. The molecule has 3 heterocycles. The molecule has 3 aliphatic heterocycles. The van der Waals surface area contributed by atoms with E-state index in [1.165, 1.54) is 11.8 Å². The number of hydrogen-bond donors (Lipinski definition) is 17. The van der Waals surface area contributed by atoms with E-state index in [1.807, 2.05) is 0 Å². The van der Waals surface area contributed by atoms with E-state index in [9.17, 15) is 90.0 Å². The molecular weight excluding hydrogens is 1060 g/mol. The molecule has 3 aliphatic rings. The molecule has 0 bridgehead atoms. The second kappa shape index (κ2) is 38.2. The summed E-state index contributed by atoms with van der Waals surface area (Å²) in [6.45, 7) is -3.19. The van der Waals surface area contributed by atoms with Gasteiger partial charge in [-0.15, -0.1) is 0 Å². The first-order valence-electron chi connectivity index (χ1n) is 26.5. The summed E-state index contributed by atoms with van der Waals surface area (Å²) in [5.74, 6) is -2.69. The van der Waals surface area contributed by atoms with E-state index in [4.69, 9.17) is 34.2 Å². The first-order chi connectivity index (χ1) is 37.2. The highest BCUT2D eigenvalue weighted by molar-refractivity contribution is 5.87. The maximum absolute atomic E-state index is 14.1. The third-order valence-electron chi connectivity index (χ3n) is 13.4. The molecule has 0 spiro atoms. The normalized spacial score (nSPS) is 29.7. The smallest absolute Gasteiger partial charge is 0.237 e. The highest BCUT2D eigenvalue weighted by Gasteiger charge is 2.46. The number of ketones is 2. The number of carbonyl (C=O) groups excluding carboxylic acids is 6. The highest BCUT2D eigenvalue weighted by Crippen LogP contribution is 2.24. The van der Waals surface area contributed by atoms with E-state index >= 15 is 0 Å². The molecule has 18 N–H and O–H groups in total. The maximum Gasteiger partial charge on any atom is 0.237 e. The number of nitrogens with one attached hydrogen (secondary N) is 4. The van der Waals surface area contributed by atoms with Crippen LogP contribution in [0, 0.1) is 0 Å². The molecule has 3 rings (SSSR count). The molecule has 0 radical (unpaired) electrons. The second-order valence-electron chi connectivity index (χ2n) is 19.5. The number of nitrogens with two attached hydrogens (primary N) is 1. The summed E-state index contributed by atoms with van der Waals surface area (Å²) in [6, 6.07) is -1.84. The Labute approximate surface area is 459 Å². The van der Waals surface area contributed by atoms with Crippen LogP contribution in [0.5, 0.6) is 0 Å². The number of unbranched alkanes of at least 4 members (excludes halogenated alkanes) is 4. The van der Waals surface area contributed by atoms with Crippen LogP contribution in [0.1, 0.15) is 91.4 Å². The van der Waals surface area contributed by atoms with Gasteiger partial charge in [-0.1, -0.05) is 20.3 Å². The van der Waals surface area contributed by atoms with E-state index in [0.717, 1.165) is 6.42 Å². The third kappa shape index (κ3) is 24.0. The van der Waals surface area contributed by atoms with Gasteiger partial charge in [0.15, 0.2) is 24.7 Å². The summed E-state index contributed by atoms with van der Waals surface area (Å²) in [5, 5.41) is 131. The molecule has 0 aromatic carbocycles. The minimum absolute atomic E-state index is 0. The number of nitrogens with zero attached hydrogens (tertiary/aromatic N) is 1. The summed E-state index contributed by atoms with van der Waals surface area (Å²) in [4.78, 5) is 79.8. The molecule has 30 heteroatoms. The number of ether oxygens (including phenoxy) is 6. The number of amides is 4. The van der Waals surface area contributed by atoms with Crippen molar-refractivity contribution in [2.45, 2.75) is 196 Å². The van der Waals surface area contributed by atoms with Crippen LogP contribution in [-0.2, 0) is 57.2 Å². The fourth-order valence-corrected chi connectivity index (χ4v) is 8.76. The number of aliphatic hydroxyl groups excluding tert-OH is 12. The Morgan fingerprint density at radius 3 is 1.30 bits per heavy atom. The molecule has 30 nitrogen and oxygen atoms in total. The Bertz CT molecular complexity index is 1730. The number of Topliss-reactive ketones (excluding diaryl/α,β-unsaturated/α-hetero) is 2. The Morgan fingerprint density at radius 1 is 0.506 bits per heavy atom. The van der Waals surface area contributed by atoms with Crippen LogP contribution in [-0.4, -0.2) is 284 Å². The summed E-state index contributed by atoms with van der Waals surface area (Å²) in [6.07, 6.45) is -19.2. The Balaban J connectivity index is 0.0000213. The van der Waals surface area contributed by atoms with Crippen LogP contribution < -0.4 is 27.0 Å². The molecule has 0 aromatic rings. The molecule has 4 amide bonds. The molecule has 460 valence electrons. The van der Waals surface area contributed by atoms with Crippen molar-refractivity contribution in [2.24, 2.45) is 5.73 Å².